The van der Waals surface area contributed by atoms with Crippen LogP contribution in [0.5, 0.6) is 0 Å². The van der Waals surface area contributed by atoms with E-state index in [1.807, 2.05) is 24.3 Å². The highest BCUT2D eigenvalue weighted by atomic mass is 32.1. The van der Waals surface area contributed by atoms with Crippen molar-refractivity contribution in [2.24, 2.45) is 0 Å². The molecular formula is C27H21F3N6O3S. The van der Waals surface area contributed by atoms with Gasteiger partial charge < -0.3 is 15.2 Å². The molecule has 0 saturated carbocycles. The summed E-state index contributed by atoms with van der Waals surface area (Å²) in [7, 11) is 0. The van der Waals surface area contributed by atoms with Crippen LogP contribution < -0.4 is 16.2 Å². The van der Waals surface area contributed by atoms with E-state index < -0.39 is 23.2 Å². The predicted octanol–water partition coefficient (Wildman–Crippen LogP) is 5.53. The Labute approximate surface area is 228 Å². The standard InChI is InChI=1S/C27H21F3N6O3S/c1-14-17(6-7-18(28)24(14)32-26(38)22-8-15-4-2-3-5-21(15)40-22)19-10-20(25(37)34-33-19)31-23-9-16(39-35-23)11-36-12-27(29,30)13-36/h2-10H,11-13H2,1H3,(H,32,38)(H,34,37)(H,31,33,35). The van der Waals surface area contributed by atoms with Crippen molar-refractivity contribution in [3.63, 3.8) is 0 Å². The summed E-state index contributed by atoms with van der Waals surface area (Å²) in [5.41, 5.74) is 0.735. The Morgan fingerprint density at radius 1 is 1.18 bits per heavy atom. The van der Waals surface area contributed by atoms with Gasteiger partial charge in [-0.05, 0) is 48.2 Å². The van der Waals surface area contributed by atoms with Crippen LogP contribution in [0.15, 0.2) is 63.9 Å². The fraction of sp³-hybridized carbons (Fsp3) is 0.185. The van der Waals surface area contributed by atoms with E-state index in [1.165, 1.54) is 40.5 Å². The summed E-state index contributed by atoms with van der Waals surface area (Å²) in [6, 6.07) is 15.0. The van der Waals surface area contributed by atoms with Crippen molar-refractivity contribution >= 4 is 44.5 Å². The second-order valence-electron chi connectivity index (χ2n) is 9.50. The van der Waals surface area contributed by atoms with E-state index >= 15 is 0 Å². The minimum absolute atomic E-state index is 0.000167. The number of nitrogens with one attached hydrogen (secondary N) is 3. The number of aromatic nitrogens is 3. The van der Waals surface area contributed by atoms with E-state index in [4.69, 9.17) is 4.52 Å². The number of fused-ring (bicyclic) bond motifs is 1. The molecule has 0 bridgehead atoms. The molecule has 2 aromatic carbocycles. The summed E-state index contributed by atoms with van der Waals surface area (Å²) >= 11 is 1.31. The van der Waals surface area contributed by atoms with Gasteiger partial charge in [-0.2, -0.15) is 5.10 Å². The lowest BCUT2D eigenvalue weighted by Gasteiger charge is -2.37. The Bertz CT molecular complexity index is 1770. The van der Waals surface area contributed by atoms with Crippen molar-refractivity contribution in [2.45, 2.75) is 19.4 Å². The molecule has 0 radical (unpaired) electrons. The number of nitrogens with zero attached hydrogens (tertiary/aromatic N) is 3. The van der Waals surface area contributed by atoms with Crippen LogP contribution in [0, 0.1) is 12.7 Å². The summed E-state index contributed by atoms with van der Waals surface area (Å²) in [6.45, 7) is 1.09. The second kappa shape index (κ2) is 9.92. The van der Waals surface area contributed by atoms with Crippen LogP contribution in [0.2, 0.25) is 0 Å². The van der Waals surface area contributed by atoms with Gasteiger partial charge in [-0.15, -0.1) is 11.3 Å². The lowest BCUT2D eigenvalue weighted by atomic mass is 10.0. The van der Waals surface area contributed by atoms with Gasteiger partial charge in [-0.25, -0.2) is 18.3 Å². The molecule has 1 amide bonds. The summed E-state index contributed by atoms with van der Waals surface area (Å²) in [4.78, 5) is 27.4. The number of H-pyrrole nitrogens is 1. The van der Waals surface area contributed by atoms with Gasteiger partial charge in [0.05, 0.1) is 35.9 Å². The smallest absolute Gasteiger partial charge is 0.287 e. The molecule has 1 aliphatic rings. The lowest BCUT2D eigenvalue weighted by Crippen LogP contribution is -2.55. The highest BCUT2D eigenvalue weighted by Gasteiger charge is 2.43. The van der Waals surface area contributed by atoms with Crippen LogP contribution in [0.4, 0.5) is 30.4 Å². The lowest BCUT2D eigenvalue weighted by molar-refractivity contribution is -0.135. The number of likely N-dealkylation sites (tertiary alicyclic amines) is 1. The van der Waals surface area contributed by atoms with Crippen LogP contribution in [0.1, 0.15) is 21.0 Å². The average Bonchev–Trinajstić information content (AvgIpc) is 3.54. The third-order valence-corrected chi connectivity index (χ3v) is 7.61. The monoisotopic (exact) mass is 566 g/mol. The fourth-order valence-corrected chi connectivity index (χ4v) is 5.50. The molecule has 9 nitrogen and oxygen atoms in total. The number of benzene rings is 2. The molecule has 0 unspecified atom stereocenters. The topological polar surface area (TPSA) is 116 Å². The number of hydrogen-bond donors (Lipinski definition) is 3. The summed E-state index contributed by atoms with van der Waals surface area (Å²) in [5.74, 6) is -3.19. The number of halogens is 3. The van der Waals surface area contributed by atoms with E-state index in [0.29, 0.717) is 27.5 Å². The molecule has 204 valence electrons. The van der Waals surface area contributed by atoms with Gasteiger partial charge >= 0.3 is 0 Å². The third kappa shape index (κ3) is 5.08. The Morgan fingerprint density at radius 2 is 1.98 bits per heavy atom. The molecule has 5 aromatic rings. The van der Waals surface area contributed by atoms with Crippen LogP contribution in [0.25, 0.3) is 21.3 Å². The molecule has 13 heteroatoms. The first kappa shape index (κ1) is 25.8. The Morgan fingerprint density at radius 3 is 2.75 bits per heavy atom. The fourth-order valence-electron chi connectivity index (χ4n) is 4.54. The Balaban J connectivity index is 1.22. The SMILES string of the molecule is Cc1c(-c2cc(Nc3cc(CN4CC(F)(F)C4)on3)c(=O)[nH]n2)ccc(F)c1NC(=O)c1cc2ccccc2s1. The van der Waals surface area contributed by atoms with Crippen LogP contribution in [-0.4, -0.2) is 45.2 Å². The highest BCUT2D eigenvalue weighted by Crippen LogP contribution is 2.33. The number of hydrogen-bond acceptors (Lipinski definition) is 8. The van der Waals surface area contributed by atoms with Gasteiger partial charge in [-0.1, -0.05) is 23.4 Å². The largest absolute Gasteiger partial charge is 0.358 e. The molecule has 3 N–H and O–H groups in total. The van der Waals surface area contributed by atoms with E-state index in [-0.39, 0.29) is 36.8 Å². The molecule has 1 saturated heterocycles. The summed E-state index contributed by atoms with van der Waals surface area (Å²) in [6.07, 6.45) is 0. The molecule has 1 aliphatic heterocycles. The first-order valence-electron chi connectivity index (χ1n) is 12.2. The minimum Gasteiger partial charge on any atom is -0.358 e. The van der Waals surface area contributed by atoms with Crippen LogP contribution >= 0.6 is 11.3 Å². The number of carbonyl (C=O) groups excluding carboxylic acids is 1. The molecule has 6 rings (SSSR count). The van der Waals surface area contributed by atoms with Crippen molar-refractivity contribution in [3.8, 4) is 11.3 Å². The maximum atomic E-state index is 14.9. The molecule has 1 fully saturated rings. The highest BCUT2D eigenvalue weighted by molar-refractivity contribution is 7.20. The summed E-state index contributed by atoms with van der Waals surface area (Å²) in [5, 5.41) is 16.8. The van der Waals surface area contributed by atoms with Gasteiger partial charge in [0, 0.05) is 16.3 Å². The molecule has 3 aromatic heterocycles. The van der Waals surface area contributed by atoms with Gasteiger partial charge in [-0.3, -0.25) is 14.5 Å². The van der Waals surface area contributed by atoms with Crippen molar-refractivity contribution < 1.29 is 22.5 Å². The maximum Gasteiger partial charge on any atom is 0.287 e. The first-order chi connectivity index (χ1) is 19.1. The molecular weight excluding hydrogens is 545 g/mol. The van der Waals surface area contributed by atoms with E-state index in [0.717, 1.165) is 10.1 Å². The number of anilines is 3. The second-order valence-corrected chi connectivity index (χ2v) is 10.6. The quantitative estimate of drug-likeness (QED) is 0.237. The number of thiophene rings is 1. The normalized spacial score (nSPS) is 14.7. The summed E-state index contributed by atoms with van der Waals surface area (Å²) < 4.78 is 47.2. The van der Waals surface area contributed by atoms with E-state index in [2.05, 4.69) is 26.0 Å². The van der Waals surface area contributed by atoms with Gasteiger partial charge in [0.2, 0.25) is 0 Å². The number of rotatable bonds is 7. The molecule has 0 atom stereocenters. The number of carbonyl (C=O) groups is 1. The average molecular weight is 567 g/mol. The van der Waals surface area contributed by atoms with E-state index in [9.17, 15) is 22.8 Å². The maximum absolute atomic E-state index is 14.9. The van der Waals surface area contributed by atoms with Crippen molar-refractivity contribution in [1.82, 2.24) is 20.3 Å². The van der Waals surface area contributed by atoms with Crippen LogP contribution in [-0.2, 0) is 6.54 Å². The first-order valence-corrected chi connectivity index (χ1v) is 13.0. The Kier molecular flexibility index (Phi) is 6.39. The zero-order valence-corrected chi connectivity index (χ0v) is 21.7. The molecule has 0 spiro atoms. The molecule has 40 heavy (non-hydrogen) atoms. The Hall–Kier alpha value is -4.49. The number of amides is 1. The zero-order chi connectivity index (χ0) is 28.0. The molecule has 4 heterocycles. The van der Waals surface area contributed by atoms with Crippen LogP contribution in [0.3, 0.4) is 0 Å². The van der Waals surface area contributed by atoms with Crippen molar-refractivity contribution in [1.29, 1.82) is 0 Å². The molecule has 0 aliphatic carbocycles. The van der Waals surface area contributed by atoms with Crippen molar-refractivity contribution in [3.05, 3.63) is 87.0 Å². The van der Waals surface area contributed by atoms with Crippen molar-refractivity contribution in [2.75, 3.05) is 23.7 Å². The van der Waals surface area contributed by atoms with E-state index in [1.54, 1.807) is 13.0 Å². The number of alkyl halides is 2. The van der Waals surface area contributed by atoms with Gasteiger partial charge in [0.1, 0.15) is 11.5 Å². The van der Waals surface area contributed by atoms with Gasteiger partial charge in [0.25, 0.3) is 17.4 Å². The van der Waals surface area contributed by atoms with Gasteiger partial charge in [0.15, 0.2) is 11.6 Å². The third-order valence-electron chi connectivity index (χ3n) is 6.49. The number of aromatic amines is 1. The predicted molar refractivity (Wildman–Crippen MR) is 145 cm³/mol. The zero-order valence-electron chi connectivity index (χ0n) is 20.9. The minimum atomic E-state index is -2.69.